The first-order valence-electron chi connectivity index (χ1n) is 9.06. The van der Waals surface area contributed by atoms with E-state index in [4.69, 9.17) is 4.74 Å². The van der Waals surface area contributed by atoms with Crippen molar-refractivity contribution in [3.8, 4) is 11.1 Å². The zero-order chi connectivity index (χ0) is 19.9. The molecular formula is C23H24N4O. The molecule has 0 saturated heterocycles. The number of rotatable bonds is 7. The zero-order valence-corrected chi connectivity index (χ0v) is 16.5. The van der Waals surface area contributed by atoms with E-state index in [2.05, 4.69) is 27.7 Å². The minimum atomic E-state index is 0.353. The molecule has 0 saturated carbocycles. The third-order valence-electron chi connectivity index (χ3n) is 4.29. The van der Waals surface area contributed by atoms with Crippen molar-refractivity contribution in [2.24, 2.45) is 7.05 Å². The fraction of sp³-hybridized carbons (Fsp3) is 0.174. The van der Waals surface area contributed by atoms with Gasteiger partial charge in [-0.2, -0.15) is 5.10 Å². The Morgan fingerprint density at radius 3 is 2.64 bits per heavy atom. The van der Waals surface area contributed by atoms with Gasteiger partial charge in [0.25, 0.3) is 0 Å². The number of hydrogen-bond acceptors (Lipinski definition) is 4. The van der Waals surface area contributed by atoms with Crippen LogP contribution in [0.25, 0.3) is 16.7 Å². The summed E-state index contributed by atoms with van der Waals surface area (Å²) in [4.78, 5) is 8.51. The third-order valence-corrected chi connectivity index (χ3v) is 4.29. The molecule has 0 spiro atoms. The van der Waals surface area contributed by atoms with Crippen LogP contribution in [-0.4, -0.2) is 19.7 Å². The lowest BCUT2D eigenvalue weighted by Crippen LogP contribution is -1.96. The Balaban J connectivity index is 1.74. The summed E-state index contributed by atoms with van der Waals surface area (Å²) in [5.74, 6) is 0.679. The number of ether oxygens (including phenoxy) is 1. The van der Waals surface area contributed by atoms with Gasteiger partial charge in [0, 0.05) is 37.4 Å². The van der Waals surface area contributed by atoms with E-state index in [0.717, 1.165) is 33.7 Å². The van der Waals surface area contributed by atoms with Crippen LogP contribution in [0.3, 0.4) is 0 Å². The summed E-state index contributed by atoms with van der Waals surface area (Å²) in [5.41, 5.74) is 6.09. The Bertz CT molecular complexity index is 999. The molecule has 3 heterocycles. The van der Waals surface area contributed by atoms with Gasteiger partial charge in [-0.25, -0.2) is 0 Å². The summed E-state index contributed by atoms with van der Waals surface area (Å²) < 4.78 is 7.74. The SMILES string of the molecule is C=C/C(=C\C=C(/C)c1ccc(C)cn1)OCc1nn(C)cc1-c1ccncc1. The summed E-state index contributed by atoms with van der Waals surface area (Å²) in [5, 5.41) is 4.53. The van der Waals surface area contributed by atoms with Crippen molar-refractivity contribution in [3.05, 3.63) is 96.6 Å². The predicted octanol–water partition coefficient (Wildman–Crippen LogP) is 4.88. The maximum Gasteiger partial charge on any atom is 0.133 e. The summed E-state index contributed by atoms with van der Waals surface area (Å²) in [6.07, 6.45) is 13.0. The van der Waals surface area contributed by atoms with Crippen molar-refractivity contribution in [1.29, 1.82) is 0 Å². The molecule has 5 heteroatoms. The molecule has 0 amide bonds. The van der Waals surface area contributed by atoms with Gasteiger partial charge in [0.2, 0.25) is 0 Å². The van der Waals surface area contributed by atoms with Crippen LogP contribution in [0.1, 0.15) is 23.9 Å². The molecule has 0 aliphatic carbocycles. The maximum absolute atomic E-state index is 5.94. The van der Waals surface area contributed by atoms with E-state index < -0.39 is 0 Å². The Morgan fingerprint density at radius 2 is 1.96 bits per heavy atom. The van der Waals surface area contributed by atoms with Crippen LogP contribution in [0.15, 0.2) is 79.6 Å². The van der Waals surface area contributed by atoms with Crippen molar-refractivity contribution in [1.82, 2.24) is 19.7 Å². The van der Waals surface area contributed by atoms with Gasteiger partial charge in [0.1, 0.15) is 18.1 Å². The van der Waals surface area contributed by atoms with E-state index in [1.807, 2.05) is 63.6 Å². The molecule has 0 unspecified atom stereocenters. The van der Waals surface area contributed by atoms with E-state index in [1.165, 1.54) is 0 Å². The molecule has 0 radical (unpaired) electrons. The highest BCUT2D eigenvalue weighted by Crippen LogP contribution is 2.23. The van der Waals surface area contributed by atoms with Crippen LogP contribution in [0.2, 0.25) is 0 Å². The van der Waals surface area contributed by atoms with Gasteiger partial charge in [-0.05, 0) is 60.9 Å². The highest BCUT2D eigenvalue weighted by atomic mass is 16.5. The van der Waals surface area contributed by atoms with E-state index in [1.54, 1.807) is 23.2 Å². The fourth-order valence-corrected chi connectivity index (χ4v) is 2.73. The molecule has 0 fully saturated rings. The standard InChI is InChI=1S/C23H24N4O/c1-5-20(8-7-18(3)22-9-6-17(2)14-25-22)28-16-23-21(15-27(4)26-23)19-10-12-24-13-11-19/h5-15H,1,16H2,2-4H3/b18-7+,20-8+. The first-order valence-corrected chi connectivity index (χ1v) is 9.06. The van der Waals surface area contributed by atoms with Crippen LogP contribution >= 0.6 is 0 Å². The zero-order valence-electron chi connectivity index (χ0n) is 16.5. The highest BCUT2D eigenvalue weighted by molar-refractivity contribution is 5.64. The number of nitrogens with zero attached hydrogens (tertiary/aromatic N) is 4. The van der Waals surface area contributed by atoms with Crippen molar-refractivity contribution in [3.63, 3.8) is 0 Å². The second-order valence-electron chi connectivity index (χ2n) is 6.53. The van der Waals surface area contributed by atoms with Gasteiger partial charge in [0.15, 0.2) is 0 Å². The number of hydrogen-bond donors (Lipinski definition) is 0. The summed E-state index contributed by atoms with van der Waals surface area (Å²) in [7, 11) is 1.90. The number of allylic oxidation sites excluding steroid dienone is 4. The third kappa shape index (κ3) is 4.82. The highest BCUT2D eigenvalue weighted by Gasteiger charge is 2.10. The molecule has 0 aliphatic heterocycles. The first-order chi connectivity index (χ1) is 13.6. The van der Waals surface area contributed by atoms with Crippen LogP contribution in [0, 0.1) is 6.92 Å². The second kappa shape index (κ2) is 8.95. The molecule has 3 aromatic rings. The number of pyridine rings is 2. The molecule has 0 N–H and O–H groups in total. The lowest BCUT2D eigenvalue weighted by molar-refractivity contribution is 0.207. The number of aromatic nitrogens is 4. The van der Waals surface area contributed by atoms with Gasteiger partial charge in [-0.3, -0.25) is 14.6 Å². The van der Waals surface area contributed by atoms with E-state index >= 15 is 0 Å². The summed E-state index contributed by atoms with van der Waals surface area (Å²) in [6, 6.07) is 7.99. The minimum absolute atomic E-state index is 0.353. The quantitative estimate of drug-likeness (QED) is 0.438. The van der Waals surface area contributed by atoms with Crippen molar-refractivity contribution in [2.45, 2.75) is 20.5 Å². The molecule has 3 aromatic heterocycles. The van der Waals surface area contributed by atoms with Gasteiger partial charge in [0.05, 0.1) is 5.69 Å². The largest absolute Gasteiger partial charge is 0.487 e. The van der Waals surface area contributed by atoms with Gasteiger partial charge in [-0.1, -0.05) is 18.7 Å². The minimum Gasteiger partial charge on any atom is -0.487 e. The van der Waals surface area contributed by atoms with E-state index in [9.17, 15) is 0 Å². The predicted molar refractivity (Wildman–Crippen MR) is 112 cm³/mol. The second-order valence-corrected chi connectivity index (χ2v) is 6.53. The average Bonchev–Trinajstić information content (AvgIpc) is 3.09. The fourth-order valence-electron chi connectivity index (χ4n) is 2.73. The monoisotopic (exact) mass is 372 g/mol. The summed E-state index contributed by atoms with van der Waals surface area (Å²) >= 11 is 0. The Kier molecular flexibility index (Phi) is 6.17. The Labute approximate surface area is 165 Å². The normalized spacial score (nSPS) is 12.1. The van der Waals surface area contributed by atoms with Gasteiger partial charge in [-0.15, -0.1) is 0 Å². The van der Waals surface area contributed by atoms with Crippen LogP contribution in [0.4, 0.5) is 0 Å². The molecule has 142 valence electrons. The van der Waals surface area contributed by atoms with Gasteiger partial charge >= 0.3 is 0 Å². The Hall–Kier alpha value is -3.47. The topological polar surface area (TPSA) is 52.8 Å². The van der Waals surface area contributed by atoms with Crippen LogP contribution in [0.5, 0.6) is 0 Å². The lowest BCUT2D eigenvalue weighted by Gasteiger charge is -2.07. The molecule has 28 heavy (non-hydrogen) atoms. The molecule has 3 rings (SSSR count). The molecule has 0 aromatic carbocycles. The molecule has 0 bridgehead atoms. The smallest absolute Gasteiger partial charge is 0.133 e. The number of aryl methyl sites for hydroxylation is 2. The maximum atomic E-state index is 5.94. The van der Waals surface area contributed by atoms with Crippen LogP contribution < -0.4 is 0 Å². The first kappa shape index (κ1) is 19.3. The van der Waals surface area contributed by atoms with Crippen molar-refractivity contribution < 1.29 is 4.74 Å². The van der Waals surface area contributed by atoms with E-state index in [0.29, 0.717) is 12.4 Å². The van der Waals surface area contributed by atoms with Gasteiger partial charge < -0.3 is 4.74 Å². The Morgan fingerprint density at radius 1 is 1.18 bits per heavy atom. The average molecular weight is 372 g/mol. The molecular weight excluding hydrogens is 348 g/mol. The van der Waals surface area contributed by atoms with E-state index in [-0.39, 0.29) is 0 Å². The lowest BCUT2D eigenvalue weighted by atomic mass is 10.1. The molecule has 0 atom stereocenters. The van der Waals surface area contributed by atoms with Crippen molar-refractivity contribution in [2.75, 3.05) is 0 Å². The molecule has 5 nitrogen and oxygen atoms in total. The van der Waals surface area contributed by atoms with Crippen molar-refractivity contribution >= 4 is 5.57 Å². The molecule has 0 aliphatic rings. The summed E-state index contributed by atoms with van der Waals surface area (Å²) in [6.45, 7) is 8.25. The van der Waals surface area contributed by atoms with Crippen LogP contribution in [-0.2, 0) is 18.4 Å².